The first-order chi connectivity index (χ1) is 10.2. The molecule has 4 nitrogen and oxygen atoms in total. The molecular formula is C16H12Br2N2O2. The number of rotatable bonds is 4. The Bertz CT molecular complexity index is 739. The fourth-order valence-electron chi connectivity index (χ4n) is 1.94. The van der Waals surface area contributed by atoms with Crippen LogP contribution >= 0.6 is 15.9 Å². The maximum absolute atomic E-state index is 12.2. The van der Waals surface area contributed by atoms with E-state index in [0.29, 0.717) is 11.3 Å². The third kappa shape index (κ3) is 3.90. The van der Waals surface area contributed by atoms with E-state index in [1.54, 1.807) is 29.3 Å². The molecule has 0 spiro atoms. The lowest BCUT2D eigenvalue weighted by molar-refractivity contribution is -0.686. The first kappa shape index (κ1) is 16.6. The van der Waals surface area contributed by atoms with E-state index in [4.69, 9.17) is 4.42 Å². The Morgan fingerprint density at radius 1 is 1.18 bits per heavy atom. The van der Waals surface area contributed by atoms with Crippen LogP contribution < -0.4 is 21.5 Å². The minimum Gasteiger partial charge on any atom is -1.00 e. The summed E-state index contributed by atoms with van der Waals surface area (Å²) >= 11 is 3.35. The molecule has 22 heavy (non-hydrogen) atoms. The quantitative estimate of drug-likeness (QED) is 0.447. The third-order valence-electron chi connectivity index (χ3n) is 3.04. The number of nitrogens with zero attached hydrogens (tertiary/aromatic N) is 2. The maximum atomic E-state index is 12.2. The van der Waals surface area contributed by atoms with Crippen LogP contribution in [0.5, 0.6) is 0 Å². The van der Waals surface area contributed by atoms with Crippen LogP contribution in [0.2, 0.25) is 0 Å². The van der Waals surface area contributed by atoms with Crippen LogP contribution in [0.3, 0.4) is 0 Å². The van der Waals surface area contributed by atoms with E-state index in [1.165, 1.54) is 0 Å². The molecule has 0 unspecified atom stereocenters. The van der Waals surface area contributed by atoms with E-state index < -0.39 is 0 Å². The molecule has 0 saturated carbocycles. The topological polar surface area (TPSA) is 47.0 Å². The fraction of sp³-hybridized carbons (Fsp3) is 0.0625. The van der Waals surface area contributed by atoms with Gasteiger partial charge in [0.2, 0.25) is 11.5 Å². The molecule has 0 amide bonds. The number of carbonyl (C=O) groups is 1. The van der Waals surface area contributed by atoms with Crippen molar-refractivity contribution < 1.29 is 30.8 Å². The van der Waals surface area contributed by atoms with Gasteiger partial charge in [0, 0.05) is 16.1 Å². The number of halogens is 2. The Morgan fingerprint density at radius 2 is 1.95 bits per heavy atom. The highest BCUT2D eigenvalue weighted by Gasteiger charge is 2.12. The van der Waals surface area contributed by atoms with Crippen molar-refractivity contribution in [1.82, 2.24) is 4.98 Å². The average Bonchev–Trinajstić information content (AvgIpc) is 3.03. The van der Waals surface area contributed by atoms with Crippen LogP contribution in [0.25, 0.3) is 11.5 Å². The zero-order valence-electron chi connectivity index (χ0n) is 11.4. The molecule has 0 bridgehead atoms. The zero-order chi connectivity index (χ0) is 14.7. The highest BCUT2D eigenvalue weighted by molar-refractivity contribution is 9.10. The molecule has 0 atom stereocenters. The summed E-state index contributed by atoms with van der Waals surface area (Å²) in [5.41, 5.74) is 1.42. The summed E-state index contributed by atoms with van der Waals surface area (Å²) in [6.07, 6.45) is 5.06. The number of aromatic nitrogens is 2. The second-order valence-corrected chi connectivity index (χ2v) is 5.44. The van der Waals surface area contributed by atoms with Crippen molar-refractivity contribution in [1.29, 1.82) is 0 Å². The molecule has 0 aliphatic rings. The van der Waals surface area contributed by atoms with Crippen molar-refractivity contribution in [3.05, 3.63) is 71.3 Å². The highest BCUT2D eigenvalue weighted by Crippen LogP contribution is 2.15. The minimum atomic E-state index is 0. The largest absolute Gasteiger partial charge is 1.00 e. The van der Waals surface area contributed by atoms with Gasteiger partial charge >= 0.3 is 0 Å². The summed E-state index contributed by atoms with van der Waals surface area (Å²) in [5.74, 6) is 0.751. The number of benzene rings is 1. The SMILES string of the molecule is O=C(C[n+]1ccc(-c2ccco2)nc1)c1ccc(Br)cc1.[Br-]. The summed E-state index contributed by atoms with van der Waals surface area (Å²) in [4.78, 5) is 16.4. The minimum absolute atomic E-state index is 0. The highest BCUT2D eigenvalue weighted by atomic mass is 79.9. The first-order valence-electron chi connectivity index (χ1n) is 6.40. The van der Waals surface area contributed by atoms with Gasteiger partial charge in [-0.25, -0.2) is 4.57 Å². The number of Topliss-reactive ketones (excluding diaryl/α,β-unsaturated/α-hetero) is 1. The van der Waals surface area contributed by atoms with Crippen molar-refractivity contribution in [2.75, 3.05) is 0 Å². The average molecular weight is 424 g/mol. The lowest BCUT2D eigenvalue weighted by Gasteiger charge is -2.00. The number of hydrogen-bond acceptors (Lipinski definition) is 3. The van der Waals surface area contributed by atoms with Crippen LogP contribution in [-0.2, 0) is 6.54 Å². The predicted octanol–water partition coefficient (Wildman–Crippen LogP) is 0.278. The Labute approximate surface area is 146 Å². The standard InChI is InChI=1S/C16H12BrN2O2.BrH/c17-13-5-3-12(4-6-13)15(20)10-19-8-7-14(18-11-19)16-2-1-9-21-16;/h1-9,11H,10H2;1H/q+1;/p-1. The number of ketones is 1. The lowest BCUT2D eigenvalue weighted by Crippen LogP contribution is -3.00. The van der Waals surface area contributed by atoms with E-state index in [2.05, 4.69) is 20.9 Å². The van der Waals surface area contributed by atoms with Crippen LogP contribution in [-0.4, -0.2) is 10.8 Å². The molecule has 0 aliphatic carbocycles. The van der Waals surface area contributed by atoms with Gasteiger partial charge in [-0.3, -0.25) is 4.79 Å². The van der Waals surface area contributed by atoms with Gasteiger partial charge in [-0.1, -0.05) is 28.1 Å². The molecule has 0 aliphatic heterocycles. The van der Waals surface area contributed by atoms with E-state index in [1.807, 2.05) is 36.5 Å². The third-order valence-corrected chi connectivity index (χ3v) is 3.56. The predicted molar refractivity (Wildman–Crippen MR) is 80.6 cm³/mol. The van der Waals surface area contributed by atoms with Crippen molar-refractivity contribution in [2.45, 2.75) is 6.54 Å². The van der Waals surface area contributed by atoms with Gasteiger partial charge in [0.05, 0.1) is 12.5 Å². The van der Waals surface area contributed by atoms with Gasteiger partial charge in [-0.05, 0) is 29.2 Å². The summed E-state index contributed by atoms with van der Waals surface area (Å²) in [6, 6.07) is 12.8. The van der Waals surface area contributed by atoms with E-state index >= 15 is 0 Å². The number of furan rings is 1. The van der Waals surface area contributed by atoms with E-state index in [9.17, 15) is 4.79 Å². The van der Waals surface area contributed by atoms with Gasteiger partial charge in [0.15, 0.2) is 12.3 Å². The van der Waals surface area contributed by atoms with Gasteiger partial charge in [-0.2, -0.15) is 0 Å². The van der Waals surface area contributed by atoms with Crippen molar-refractivity contribution >= 4 is 21.7 Å². The molecule has 1 aromatic carbocycles. The Kier molecular flexibility index (Phi) is 5.63. The van der Waals surface area contributed by atoms with E-state index in [-0.39, 0.29) is 29.3 Å². The van der Waals surface area contributed by atoms with Crippen LogP contribution in [0.1, 0.15) is 10.4 Å². The van der Waals surface area contributed by atoms with Gasteiger partial charge in [-0.15, -0.1) is 0 Å². The molecule has 0 fully saturated rings. The van der Waals surface area contributed by atoms with Crippen LogP contribution in [0, 0.1) is 0 Å². The van der Waals surface area contributed by atoms with Crippen LogP contribution in [0.15, 0.2) is 70.1 Å². The Hall–Kier alpha value is -1.79. The molecule has 3 rings (SSSR count). The normalized spacial score (nSPS) is 10.0. The zero-order valence-corrected chi connectivity index (χ0v) is 14.6. The molecule has 2 heterocycles. The summed E-state index contributed by atoms with van der Waals surface area (Å²) in [5, 5.41) is 0. The van der Waals surface area contributed by atoms with Gasteiger partial charge in [0.25, 0.3) is 6.33 Å². The van der Waals surface area contributed by atoms with E-state index in [0.717, 1.165) is 10.2 Å². The van der Waals surface area contributed by atoms with Crippen molar-refractivity contribution in [3.8, 4) is 11.5 Å². The second-order valence-electron chi connectivity index (χ2n) is 4.53. The molecule has 2 aromatic heterocycles. The van der Waals surface area contributed by atoms with Gasteiger partial charge in [0.1, 0.15) is 0 Å². The van der Waals surface area contributed by atoms with Crippen molar-refractivity contribution in [3.63, 3.8) is 0 Å². The number of carbonyl (C=O) groups excluding carboxylic acids is 1. The second kappa shape index (κ2) is 7.47. The van der Waals surface area contributed by atoms with Gasteiger partial charge < -0.3 is 21.4 Å². The first-order valence-corrected chi connectivity index (χ1v) is 7.19. The van der Waals surface area contributed by atoms with Crippen molar-refractivity contribution in [2.24, 2.45) is 0 Å². The molecule has 3 aromatic rings. The molecule has 6 heteroatoms. The lowest BCUT2D eigenvalue weighted by atomic mass is 10.1. The maximum Gasteiger partial charge on any atom is 0.287 e. The summed E-state index contributed by atoms with van der Waals surface area (Å²) in [7, 11) is 0. The smallest absolute Gasteiger partial charge is 0.287 e. The Balaban J connectivity index is 0.00000176. The summed E-state index contributed by atoms with van der Waals surface area (Å²) in [6.45, 7) is 0.257. The molecule has 0 N–H and O–H groups in total. The molecular weight excluding hydrogens is 412 g/mol. The number of hydrogen-bond donors (Lipinski definition) is 0. The fourth-order valence-corrected chi connectivity index (χ4v) is 2.21. The summed E-state index contributed by atoms with van der Waals surface area (Å²) < 4.78 is 7.98. The Morgan fingerprint density at radius 3 is 2.55 bits per heavy atom. The molecule has 112 valence electrons. The monoisotopic (exact) mass is 422 g/mol. The van der Waals surface area contributed by atoms with Crippen LogP contribution in [0.4, 0.5) is 0 Å². The molecule has 0 radical (unpaired) electrons. The molecule has 0 saturated heterocycles.